The number of carbonyl (C=O) groups excluding carboxylic acids is 3. The van der Waals surface area contributed by atoms with Crippen molar-refractivity contribution in [2.45, 2.75) is 12.8 Å². The summed E-state index contributed by atoms with van der Waals surface area (Å²) in [4.78, 5) is 43.1. The second-order valence-corrected chi connectivity index (χ2v) is 5.89. The SMILES string of the molecule is O=C([O-])C/C=C/CC(=O)C(=O)[O-].O=[N+]([O-])c1c(Cl)cccc1-c1c[nH]cc1Cl. The number of para-hydroxylation sites is 1. The number of H-pyrrole nitrogens is 1. The van der Waals surface area contributed by atoms with E-state index in [0.29, 0.717) is 16.1 Å². The van der Waals surface area contributed by atoms with E-state index in [2.05, 4.69) is 4.98 Å². The molecule has 9 nitrogen and oxygen atoms in total. The molecule has 0 fully saturated rings. The third-order valence-electron chi connectivity index (χ3n) is 3.14. The number of Topliss-reactive ketones (excluding diaryl/α,β-unsaturated/α-hetero) is 1. The Kier molecular flexibility index (Phi) is 8.86. The number of nitrogens with zero attached hydrogens (tertiary/aromatic N) is 1. The van der Waals surface area contributed by atoms with Crippen LogP contribution in [0.5, 0.6) is 0 Å². The first kappa shape index (κ1) is 22.9. The quantitative estimate of drug-likeness (QED) is 0.302. The number of carbonyl (C=O) groups is 3. The van der Waals surface area contributed by atoms with Crippen LogP contribution in [0.15, 0.2) is 42.7 Å². The van der Waals surface area contributed by atoms with Crippen LogP contribution in [0.2, 0.25) is 10.0 Å². The first-order chi connectivity index (χ1) is 13.1. The normalized spacial score (nSPS) is 10.2. The molecule has 1 heterocycles. The minimum Gasteiger partial charge on any atom is -0.550 e. The Labute approximate surface area is 168 Å². The van der Waals surface area contributed by atoms with E-state index in [0.717, 1.165) is 12.2 Å². The van der Waals surface area contributed by atoms with E-state index in [1.54, 1.807) is 24.5 Å². The summed E-state index contributed by atoms with van der Waals surface area (Å²) in [6.07, 6.45) is 4.77. The Bertz CT molecular complexity index is 922. The molecule has 1 aromatic heterocycles. The number of nitrogens with one attached hydrogen (secondary N) is 1. The Morgan fingerprint density at radius 3 is 2.14 bits per heavy atom. The summed E-state index contributed by atoms with van der Waals surface area (Å²) in [6.45, 7) is 0. The highest BCUT2D eigenvalue weighted by molar-refractivity contribution is 6.35. The molecular weight excluding hydrogens is 415 g/mol. The van der Waals surface area contributed by atoms with Gasteiger partial charge in [0.15, 0.2) is 5.78 Å². The van der Waals surface area contributed by atoms with Crippen LogP contribution in [-0.4, -0.2) is 27.6 Å². The minimum absolute atomic E-state index is 0.0970. The van der Waals surface area contributed by atoms with Gasteiger partial charge in [-0.2, -0.15) is 0 Å². The summed E-state index contributed by atoms with van der Waals surface area (Å²) in [5.41, 5.74) is 0.838. The molecule has 0 unspecified atom stereocenters. The lowest BCUT2D eigenvalue weighted by atomic mass is 10.1. The van der Waals surface area contributed by atoms with Crippen LogP contribution in [0.1, 0.15) is 12.8 Å². The maximum atomic E-state index is 10.9. The van der Waals surface area contributed by atoms with Gasteiger partial charge in [-0.25, -0.2) is 0 Å². The van der Waals surface area contributed by atoms with E-state index >= 15 is 0 Å². The average Bonchev–Trinajstić information content (AvgIpc) is 3.04. The van der Waals surface area contributed by atoms with E-state index in [1.165, 1.54) is 6.07 Å². The highest BCUT2D eigenvalue weighted by Gasteiger charge is 2.21. The Morgan fingerprint density at radius 2 is 1.64 bits per heavy atom. The molecule has 0 atom stereocenters. The van der Waals surface area contributed by atoms with Crippen LogP contribution < -0.4 is 10.2 Å². The van der Waals surface area contributed by atoms with Gasteiger partial charge in [0.1, 0.15) is 11.0 Å². The average molecular weight is 427 g/mol. The predicted octanol–water partition coefficient (Wildman–Crippen LogP) is 1.29. The number of carboxylic acids is 2. The number of carboxylic acid groups (broad SMARTS) is 2. The molecule has 1 N–H and O–H groups in total. The zero-order valence-electron chi connectivity index (χ0n) is 14.0. The van der Waals surface area contributed by atoms with Gasteiger partial charge in [-0.15, -0.1) is 0 Å². The summed E-state index contributed by atoms with van der Waals surface area (Å²) in [5.74, 6) is -4.13. The van der Waals surface area contributed by atoms with Crippen molar-refractivity contribution >= 4 is 46.6 Å². The number of benzene rings is 1. The Balaban J connectivity index is 0.000000295. The number of hydrogen-bond donors (Lipinski definition) is 1. The van der Waals surface area contributed by atoms with Gasteiger partial charge < -0.3 is 24.8 Å². The smallest absolute Gasteiger partial charge is 0.295 e. The number of aromatic amines is 1. The van der Waals surface area contributed by atoms with Gasteiger partial charge in [0.05, 0.1) is 15.5 Å². The molecule has 0 bridgehead atoms. The van der Waals surface area contributed by atoms with E-state index in [-0.39, 0.29) is 23.6 Å². The van der Waals surface area contributed by atoms with Gasteiger partial charge in [-0.05, 0) is 12.1 Å². The monoisotopic (exact) mass is 426 g/mol. The molecule has 0 aliphatic carbocycles. The maximum absolute atomic E-state index is 10.9. The number of aliphatic carboxylic acids is 2. The predicted molar refractivity (Wildman–Crippen MR) is 96.3 cm³/mol. The lowest BCUT2D eigenvalue weighted by Gasteiger charge is -2.02. The molecule has 2 aromatic rings. The van der Waals surface area contributed by atoms with Crippen LogP contribution >= 0.6 is 23.2 Å². The van der Waals surface area contributed by atoms with Gasteiger partial charge in [0.25, 0.3) is 5.69 Å². The second kappa shape index (κ2) is 10.9. The third kappa shape index (κ3) is 6.86. The third-order valence-corrected chi connectivity index (χ3v) is 3.75. The lowest BCUT2D eigenvalue weighted by Crippen LogP contribution is -2.30. The molecule has 0 radical (unpaired) electrons. The van der Waals surface area contributed by atoms with Gasteiger partial charge >= 0.3 is 0 Å². The lowest BCUT2D eigenvalue weighted by molar-refractivity contribution is -0.384. The topological polar surface area (TPSA) is 156 Å². The van der Waals surface area contributed by atoms with E-state index in [1.807, 2.05) is 0 Å². The summed E-state index contributed by atoms with van der Waals surface area (Å²) in [5, 5.41) is 31.0. The van der Waals surface area contributed by atoms with Crippen molar-refractivity contribution < 1.29 is 29.5 Å². The fraction of sp³-hybridized carbons (Fsp3) is 0.118. The van der Waals surface area contributed by atoms with Crippen LogP contribution in [0.4, 0.5) is 5.69 Å². The van der Waals surface area contributed by atoms with Crippen LogP contribution in [0.25, 0.3) is 11.1 Å². The zero-order valence-corrected chi connectivity index (χ0v) is 15.5. The van der Waals surface area contributed by atoms with Crippen LogP contribution in [0.3, 0.4) is 0 Å². The van der Waals surface area contributed by atoms with Crippen molar-refractivity contribution in [2.75, 3.05) is 0 Å². The fourth-order valence-electron chi connectivity index (χ4n) is 1.92. The summed E-state index contributed by atoms with van der Waals surface area (Å²) in [7, 11) is 0. The second-order valence-electron chi connectivity index (χ2n) is 5.07. The van der Waals surface area contributed by atoms with Gasteiger partial charge in [-0.1, -0.05) is 41.4 Å². The van der Waals surface area contributed by atoms with Crippen molar-refractivity contribution in [2.24, 2.45) is 0 Å². The molecule has 0 aliphatic rings. The largest absolute Gasteiger partial charge is 0.550 e. The minimum atomic E-state index is -1.77. The molecular formula is C17H12Cl2N2O7-2. The summed E-state index contributed by atoms with van der Waals surface area (Å²) >= 11 is 11.7. The molecule has 0 saturated heterocycles. The maximum Gasteiger partial charge on any atom is 0.295 e. The number of allylic oxidation sites excluding steroid dienone is 1. The molecule has 148 valence electrons. The van der Waals surface area contributed by atoms with E-state index < -0.39 is 22.6 Å². The molecule has 11 heteroatoms. The van der Waals surface area contributed by atoms with Crippen LogP contribution in [-0.2, 0) is 14.4 Å². The van der Waals surface area contributed by atoms with Crippen molar-refractivity contribution in [1.82, 2.24) is 4.98 Å². The first-order valence-electron chi connectivity index (χ1n) is 7.49. The summed E-state index contributed by atoms with van der Waals surface area (Å²) < 4.78 is 0. The summed E-state index contributed by atoms with van der Waals surface area (Å²) in [6, 6.07) is 4.73. The number of nitro benzene ring substituents is 1. The van der Waals surface area contributed by atoms with E-state index in [4.69, 9.17) is 23.2 Å². The number of ketones is 1. The van der Waals surface area contributed by atoms with Crippen LogP contribution in [0, 0.1) is 10.1 Å². The Morgan fingerprint density at radius 1 is 1.00 bits per heavy atom. The van der Waals surface area contributed by atoms with Crippen molar-refractivity contribution in [3.05, 3.63) is 62.9 Å². The number of nitro groups is 1. The fourth-order valence-corrected chi connectivity index (χ4v) is 2.39. The highest BCUT2D eigenvalue weighted by Crippen LogP contribution is 2.38. The molecule has 28 heavy (non-hydrogen) atoms. The standard InChI is InChI=1S/C10H6Cl2N2O2.C7H8O5/c11-8-3-1-2-6(10(8)14(15)16)7-4-13-5-9(7)12;8-5(7(11)12)3-1-2-4-6(9)10/h1-5,13H;1-2H,3-4H2,(H,9,10)(H,11,12)/p-2/b;2-1+. The first-order valence-corrected chi connectivity index (χ1v) is 8.25. The van der Waals surface area contributed by atoms with Gasteiger partial charge in [0.2, 0.25) is 0 Å². The molecule has 1 aromatic carbocycles. The van der Waals surface area contributed by atoms with Crippen molar-refractivity contribution in [3.63, 3.8) is 0 Å². The van der Waals surface area contributed by atoms with E-state index in [9.17, 15) is 34.7 Å². The van der Waals surface area contributed by atoms with Crippen molar-refractivity contribution in [1.29, 1.82) is 0 Å². The van der Waals surface area contributed by atoms with Gasteiger partial charge in [-0.3, -0.25) is 14.9 Å². The van der Waals surface area contributed by atoms with Crippen molar-refractivity contribution in [3.8, 4) is 11.1 Å². The molecule has 0 saturated carbocycles. The Hall–Kier alpha value is -3.17. The number of aromatic nitrogens is 1. The molecule has 0 spiro atoms. The molecule has 0 aliphatic heterocycles. The number of hydrogen-bond acceptors (Lipinski definition) is 7. The number of rotatable bonds is 7. The highest BCUT2D eigenvalue weighted by atomic mass is 35.5. The molecule has 2 rings (SSSR count). The molecule has 0 amide bonds. The number of halogens is 2. The van der Waals surface area contributed by atoms with Gasteiger partial charge in [0, 0.05) is 36.8 Å². The zero-order chi connectivity index (χ0) is 21.3.